The second kappa shape index (κ2) is 12.9. The Hall–Kier alpha value is -4.15. The third-order valence-corrected chi connectivity index (χ3v) is 9.61. The molecule has 0 radical (unpaired) electrons. The molecule has 17 heteroatoms. The van der Waals surface area contributed by atoms with E-state index >= 15 is 0 Å². The molecule has 2 N–H and O–H groups in total. The third kappa shape index (κ3) is 6.41. The van der Waals surface area contributed by atoms with E-state index in [9.17, 15) is 21.6 Å². The van der Waals surface area contributed by atoms with Gasteiger partial charge in [0, 0.05) is 50.3 Å². The van der Waals surface area contributed by atoms with Crippen molar-refractivity contribution in [2.24, 2.45) is 0 Å². The molecule has 2 aromatic heterocycles. The lowest BCUT2D eigenvalue weighted by Crippen LogP contribution is -2.38. The highest BCUT2D eigenvalue weighted by atomic mass is 35.5. The van der Waals surface area contributed by atoms with Gasteiger partial charge in [-0.3, -0.25) is 14.3 Å². The van der Waals surface area contributed by atoms with Gasteiger partial charge < -0.3 is 25.2 Å². The topological polar surface area (TPSA) is 129 Å². The monoisotopic (exact) mass is 679 g/mol. The molecule has 1 aliphatic heterocycles. The summed E-state index contributed by atoms with van der Waals surface area (Å²) in [6.07, 6.45) is 5.71. The molecule has 4 aromatic rings. The van der Waals surface area contributed by atoms with Crippen molar-refractivity contribution in [1.29, 1.82) is 0 Å². The molecule has 1 saturated heterocycles. The van der Waals surface area contributed by atoms with E-state index in [0.717, 1.165) is 44.2 Å². The number of hydrogen-bond acceptors (Lipinski definition) is 11. The molecule has 0 saturated carbocycles. The van der Waals surface area contributed by atoms with Gasteiger partial charge in [-0.25, -0.2) is 4.98 Å². The lowest BCUT2D eigenvalue weighted by atomic mass is 10.1. The average Bonchev–Trinajstić information content (AvgIpc) is 3.52. The summed E-state index contributed by atoms with van der Waals surface area (Å²) >= 11 is 6.41. The smallest absolute Gasteiger partial charge is 0.494 e. The number of likely N-dealkylation sites (N-methyl/N-ethyl adjacent to an activating group) is 1. The van der Waals surface area contributed by atoms with Gasteiger partial charge in [0.15, 0.2) is 5.82 Å². The summed E-state index contributed by atoms with van der Waals surface area (Å²) in [6, 6.07) is 7.25. The van der Waals surface area contributed by atoms with E-state index in [-0.39, 0.29) is 37.8 Å². The Kier molecular flexibility index (Phi) is 9.33. The number of aryl methyl sites for hydroxylation is 1. The van der Waals surface area contributed by atoms with Crippen molar-refractivity contribution < 1.29 is 26.3 Å². The number of methoxy groups -OCH3 is 1. The Morgan fingerprint density at radius 2 is 1.83 bits per heavy atom. The summed E-state index contributed by atoms with van der Waals surface area (Å²) in [7, 11) is 0.710. The first-order valence-corrected chi connectivity index (χ1v) is 16.0. The zero-order chi connectivity index (χ0) is 33.4. The fourth-order valence-corrected chi connectivity index (χ4v) is 6.19. The largest absolute Gasteiger partial charge is 0.516 e. The van der Waals surface area contributed by atoms with Crippen LogP contribution in [0.5, 0.6) is 5.75 Å². The van der Waals surface area contributed by atoms with E-state index in [2.05, 4.69) is 61.4 Å². The molecule has 1 aliphatic rings. The summed E-state index contributed by atoms with van der Waals surface area (Å²) in [4.78, 5) is 21.5. The number of fused-ring (bicyclic) bond motifs is 1. The van der Waals surface area contributed by atoms with Crippen LogP contribution in [0.3, 0.4) is 0 Å². The highest BCUT2D eigenvalue weighted by molar-refractivity contribution is 7.93. The van der Waals surface area contributed by atoms with Gasteiger partial charge in [0.1, 0.15) is 22.0 Å². The SMILES string of the molecule is CCc1cc(Nc2ncc(Cl)c(Nc3ccc4nccnc4c3N(C)S(=O)(=O)C(F)(F)F)n2)c(OC)cc1N1CCC(N(C)C)C1. The number of rotatable bonds is 10. The lowest BCUT2D eigenvalue weighted by Gasteiger charge is -2.25. The second-order valence-corrected chi connectivity index (χ2v) is 13.2. The minimum Gasteiger partial charge on any atom is -0.494 e. The van der Waals surface area contributed by atoms with Gasteiger partial charge in [-0.05, 0) is 50.7 Å². The Morgan fingerprint density at radius 3 is 2.48 bits per heavy atom. The Morgan fingerprint density at radius 1 is 1.09 bits per heavy atom. The number of ether oxygens (including phenoxy) is 1. The van der Waals surface area contributed by atoms with Gasteiger partial charge >= 0.3 is 15.5 Å². The first-order chi connectivity index (χ1) is 21.7. The molecular weight excluding hydrogens is 647 g/mol. The summed E-state index contributed by atoms with van der Waals surface area (Å²) in [5.41, 5.74) is -3.17. The summed E-state index contributed by atoms with van der Waals surface area (Å²) in [5, 5.41) is 6.05. The van der Waals surface area contributed by atoms with E-state index in [1.165, 1.54) is 30.7 Å². The molecule has 5 rings (SSSR count). The standard InChI is InChI=1S/C29H33ClF3N9O3S/c1-6-17-13-22(24(45-5)14-23(17)42-12-9-18(16-42)40(2)3)38-28-36-15-19(30)27(39-28)37-21-8-7-20-25(35-11-10-34-20)26(21)41(4)46(43,44)29(31,32)33/h7-8,10-11,13-15,18H,6,9,12,16H2,1-5H3,(H2,36,37,38,39). The van der Waals surface area contributed by atoms with Crippen LogP contribution in [0, 0.1) is 0 Å². The minimum absolute atomic E-state index is 0.000408. The second-order valence-electron chi connectivity index (χ2n) is 10.8. The molecule has 0 amide bonds. The predicted octanol–water partition coefficient (Wildman–Crippen LogP) is 5.56. The first-order valence-electron chi connectivity index (χ1n) is 14.2. The molecule has 0 bridgehead atoms. The van der Waals surface area contributed by atoms with E-state index in [0.29, 0.717) is 17.5 Å². The Balaban J connectivity index is 1.50. The predicted molar refractivity (Wildman–Crippen MR) is 173 cm³/mol. The summed E-state index contributed by atoms with van der Waals surface area (Å²) in [5.74, 6) is 0.662. The van der Waals surface area contributed by atoms with Crippen LogP contribution in [0.2, 0.25) is 5.02 Å². The van der Waals surface area contributed by atoms with Crippen LogP contribution >= 0.6 is 11.6 Å². The fourth-order valence-electron chi connectivity index (χ4n) is 5.32. The maximum atomic E-state index is 13.6. The zero-order valence-corrected chi connectivity index (χ0v) is 27.3. The molecule has 246 valence electrons. The molecule has 1 atom stereocenters. The van der Waals surface area contributed by atoms with Crippen molar-refractivity contribution in [3.8, 4) is 5.75 Å². The van der Waals surface area contributed by atoms with Crippen LogP contribution in [0.15, 0.2) is 42.9 Å². The zero-order valence-electron chi connectivity index (χ0n) is 25.7. The van der Waals surface area contributed by atoms with Crippen LogP contribution in [-0.2, 0) is 16.4 Å². The molecular formula is C29H33ClF3N9O3S. The summed E-state index contributed by atoms with van der Waals surface area (Å²) < 4.78 is 71.4. The number of anilines is 6. The molecule has 46 heavy (non-hydrogen) atoms. The average molecular weight is 680 g/mol. The number of hydrogen-bond donors (Lipinski definition) is 2. The fraction of sp³-hybridized carbons (Fsp3) is 0.379. The maximum Gasteiger partial charge on any atom is 0.516 e. The van der Waals surface area contributed by atoms with Crippen molar-refractivity contribution in [1.82, 2.24) is 24.8 Å². The Bertz CT molecular complexity index is 1860. The van der Waals surface area contributed by atoms with E-state index in [1.807, 2.05) is 12.1 Å². The van der Waals surface area contributed by atoms with E-state index in [1.54, 1.807) is 7.11 Å². The number of aromatic nitrogens is 4. The number of nitrogens with one attached hydrogen (secondary N) is 2. The van der Waals surface area contributed by atoms with Gasteiger partial charge in [0.25, 0.3) is 0 Å². The highest BCUT2D eigenvalue weighted by Crippen LogP contribution is 2.40. The van der Waals surface area contributed by atoms with Crippen LogP contribution < -0.4 is 24.6 Å². The number of halogens is 4. The normalized spacial score (nSPS) is 15.4. The van der Waals surface area contributed by atoms with Crippen molar-refractivity contribution in [2.45, 2.75) is 31.3 Å². The lowest BCUT2D eigenvalue weighted by molar-refractivity contribution is -0.0436. The van der Waals surface area contributed by atoms with E-state index < -0.39 is 21.2 Å². The summed E-state index contributed by atoms with van der Waals surface area (Å²) in [6.45, 7) is 3.88. The van der Waals surface area contributed by atoms with Gasteiger partial charge in [-0.1, -0.05) is 18.5 Å². The maximum absolute atomic E-state index is 13.6. The number of sulfonamides is 1. The van der Waals surface area contributed by atoms with Gasteiger partial charge in [-0.2, -0.15) is 26.6 Å². The third-order valence-electron chi connectivity index (χ3n) is 7.84. The van der Waals surface area contributed by atoms with Crippen molar-refractivity contribution in [3.63, 3.8) is 0 Å². The van der Waals surface area contributed by atoms with Crippen molar-refractivity contribution >= 4 is 67.2 Å². The molecule has 3 heterocycles. The minimum atomic E-state index is -5.80. The number of benzene rings is 2. The first kappa shape index (κ1) is 33.2. The van der Waals surface area contributed by atoms with Crippen LogP contribution in [0.1, 0.15) is 18.9 Å². The molecule has 0 aliphatic carbocycles. The van der Waals surface area contributed by atoms with Gasteiger partial charge in [0.2, 0.25) is 5.95 Å². The van der Waals surface area contributed by atoms with Crippen molar-refractivity contribution in [3.05, 3.63) is 53.4 Å². The van der Waals surface area contributed by atoms with Gasteiger partial charge in [0.05, 0.1) is 30.2 Å². The van der Waals surface area contributed by atoms with Crippen molar-refractivity contribution in [2.75, 3.05) is 61.2 Å². The number of nitrogens with zero attached hydrogens (tertiary/aromatic N) is 7. The van der Waals surface area contributed by atoms with Gasteiger partial charge in [-0.15, -0.1) is 0 Å². The molecule has 12 nitrogen and oxygen atoms in total. The molecule has 2 aromatic carbocycles. The molecule has 1 fully saturated rings. The number of alkyl halides is 3. The van der Waals surface area contributed by atoms with E-state index in [4.69, 9.17) is 16.3 Å². The Labute approximate surface area is 269 Å². The van der Waals surface area contributed by atoms with Crippen LogP contribution in [0.4, 0.5) is 47.7 Å². The molecule has 1 unspecified atom stereocenters. The van der Waals surface area contributed by atoms with Crippen LogP contribution in [-0.4, -0.2) is 86.1 Å². The highest BCUT2D eigenvalue weighted by Gasteiger charge is 2.50. The van der Waals surface area contributed by atoms with Crippen LogP contribution in [0.25, 0.3) is 11.0 Å². The molecule has 0 spiro atoms. The quantitative estimate of drug-likeness (QED) is 0.219.